The second kappa shape index (κ2) is 11.3. The van der Waals surface area contributed by atoms with Crippen LogP contribution in [0.2, 0.25) is 0 Å². The summed E-state index contributed by atoms with van der Waals surface area (Å²) in [7, 11) is 3.24. The molecule has 0 bridgehead atoms. The van der Waals surface area contributed by atoms with E-state index in [9.17, 15) is 9.59 Å². The molecule has 0 saturated carbocycles. The number of piperazine rings is 1. The Morgan fingerprint density at radius 2 is 1.61 bits per heavy atom. The smallest absolute Gasteiger partial charge is 0.253 e. The maximum atomic E-state index is 12.7. The first-order valence-electron chi connectivity index (χ1n) is 10.4. The van der Waals surface area contributed by atoms with Gasteiger partial charge in [0, 0.05) is 56.8 Å². The predicted octanol–water partition coefficient (Wildman–Crippen LogP) is 1.83. The van der Waals surface area contributed by atoms with E-state index in [0.29, 0.717) is 31.8 Å². The van der Waals surface area contributed by atoms with Crippen LogP contribution in [0.4, 0.5) is 11.4 Å². The highest BCUT2D eigenvalue weighted by molar-refractivity contribution is 5.94. The van der Waals surface area contributed by atoms with E-state index in [2.05, 4.69) is 15.5 Å². The first-order valence-corrected chi connectivity index (χ1v) is 10.4. The summed E-state index contributed by atoms with van der Waals surface area (Å²) < 4.78 is 10.1. The number of nitrogens with one attached hydrogen (secondary N) is 2. The number of rotatable bonds is 9. The summed E-state index contributed by atoms with van der Waals surface area (Å²) in [5, 5.41) is 5.89. The fourth-order valence-corrected chi connectivity index (χ4v) is 3.42. The number of hydrogen-bond acceptors (Lipinski definition) is 6. The van der Waals surface area contributed by atoms with E-state index in [1.54, 1.807) is 38.5 Å². The minimum Gasteiger partial charge on any atom is -0.497 e. The van der Waals surface area contributed by atoms with E-state index < -0.39 is 0 Å². The van der Waals surface area contributed by atoms with Gasteiger partial charge < -0.3 is 29.9 Å². The second-order valence-electron chi connectivity index (χ2n) is 7.27. The number of carbonyl (C=O) groups excluding carboxylic acids is 2. The van der Waals surface area contributed by atoms with Crippen molar-refractivity contribution >= 4 is 23.2 Å². The number of ether oxygens (including phenoxy) is 2. The highest BCUT2D eigenvalue weighted by Gasteiger charge is 2.22. The number of anilines is 2. The van der Waals surface area contributed by atoms with Crippen molar-refractivity contribution in [3.05, 3.63) is 54.1 Å². The molecule has 1 aliphatic heterocycles. The molecule has 8 heteroatoms. The van der Waals surface area contributed by atoms with Gasteiger partial charge in [0.2, 0.25) is 5.91 Å². The first-order chi connectivity index (χ1) is 15.1. The van der Waals surface area contributed by atoms with Gasteiger partial charge in [-0.1, -0.05) is 0 Å². The molecule has 31 heavy (non-hydrogen) atoms. The number of hydrogen-bond donors (Lipinski definition) is 2. The molecule has 1 aliphatic rings. The number of amides is 2. The molecule has 2 N–H and O–H groups in total. The van der Waals surface area contributed by atoms with Crippen LogP contribution in [-0.4, -0.2) is 76.8 Å². The SMILES string of the molecule is COCCNCC(=O)Nc1ccc(N2CCN(C(=O)c3ccc(OC)cc3)CC2)cc1. The normalized spacial score (nSPS) is 13.7. The summed E-state index contributed by atoms with van der Waals surface area (Å²) in [6.07, 6.45) is 0. The lowest BCUT2D eigenvalue weighted by Crippen LogP contribution is -2.48. The molecule has 1 saturated heterocycles. The second-order valence-corrected chi connectivity index (χ2v) is 7.27. The lowest BCUT2D eigenvalue weighted by atomic mass is 10.1. The molecule has 0 aliphatic carbocycles. The van der Waals surface area contributed by atoms with Crippen LogP contribution in [0.1, 0.15) is 10.4 Å². The van der Waals surface area contributed by atoms with Gasteiger partial charge in [-0.3, -0.25) is 9.59 Å². The summed E-state index contributed by atoms with van der Waals surface area (Å²) in [5.74, 6) is 0.692. The van der Waals surface area contributed by atoms with Gasteiger partial charge in [0.15, 0.2) is 0 Å². The van der Waals surface area contributed by atoms with Crippen LogP contribution in [0.3, 0.4) is 0 Å². The molecule has 2 aromatic rings. The number of methoxy groups -OCH3 is 2. The quantitative estimate of drug-likeness (QED) is 0.596. The van der Waals surface area contributed by atoms with E-state index in [-0.39, 0.29) is 18.4 Å². The Morgan fingerprint density at radius 1 is 0.935 bits per heavy atom. The van der Waals surface area contributed by atoms with Gasteiger partial charge in [0.1, 0.15) is 5.75 Å². The summed E-state index contributed by atoms with van der Waals surface area (Å²) in [6, 6.07) is 15.0. The average Bonchev–Trinajstić information content (AvgIpc) is 2.82. The molecular weight excluding hydrogens is 396 g/mol. The largest absolute Gasteiger partial charge is 0.497 e. The van der Waals surface area contributed by atoms with Crippen LogP contribution in [0.25, 0.3) is 0 Å². The van der Waals surface area contributed by atoms with Crippen molar-refractivity contribution in [2.75, 3.05) is 70.3 Å². The molecule has 0 radical (unpaired) electrons. The molecular formula is C23H30N4O4. The summed E-state index contributed by atoms with van der Waals surface area (Å²) in [5.41, 5.74) is 2.51. The zero-order valence-electron chi connectivity index (χ0n) is 18.1. The van der Waals surface area contributed by atoms with E-state index in [4.69, 9.17) is 9.47 Å². The molecule has 8 nitrogen and oxygen atoms in total. The fraction of sp³-hybridized carbons (Fsp3) is 0.391. The Bertz CT molecular complexity index is 847. The van der Waals surface area contributed by atoms with Crippen LogP contribution in [-0.2, 0) is 9.53 Å². The molecule has 1 fully saturated rings. The number of nitrogens with zero attached hydrogens (tertiary/aromatic N) is 2. The molecule has 0 aromatic heterocycles. The van der Waals surface area contributed by atoms with Crippen molar-refractivity contribution in [2.45, 2.75) is 0 Å². The van der Waals surface area contributed by atoms with E-state index in [0.717, 1.165) is 30.2 Å². The topological polar surface area (TPSA) is 83.1 Å². The van der Waals surface area contributed by atoms with Gasteiger partial charge >= 0.3 is 0 Å². The Hall–Kier alpha value is -3.10. The molecule has 1 heterocycles. The minimum atomic E-state index is -0.0884. The average molecular weight is 427 g/mol. The Morgan fingerprint density at radius 3 is 2.23 bits per heavy atom. The number of benzene rings is 2. The molecule has 2 aromatic carbocycles. The third-order valence-corrected chi connectivity index (χ3v) is 5.19. The van der Waals surface area contributed by atoms with Gasteiger partial charge in [-0.05, 0) is 48.5 Å². The van der Waals surface area contributed by atoms with Gasteiger partial charge in [-0.2, -0.15) is 0 Å². The molecule has 166 valence electrons. The van der Waals surface area contributed by atoms with E-state index >= 15 is 0 Å². The zero-order chi connectivity index (χ0) is 22.1. The maximum absolute atomic E-state index is 12.7. The molecule has 3 rings (SSSR count). The maximum Gasteiger partial charge on any atom is 0.253 e. The van der Waals surface area contributed by atoms with Crippen molar-refractivity contribution in [3.8, 4) is 5.75 Å². The van der Waals surface area contributed by atoms with Crippen molar-refractivity contribution in [3.63, 3.8) is 0 Å². The zero-order valence-corrected chi connectivity index (χ0v) is 18.1. The van der Waals surface area contributed by atoms with Crippen LogP contribution in [0.15, 0.2) is 48.5 Å². The van der Waals surface area contributed by atoms with E-state index in [1.807, 2.05) is 29.2 Å². The predicted molar refractivity (Wildman–Crippen MR) is 121 cm³/mol. The van der Waals surface area contributed by atoms with Crippen LogP contribution >= 0.6 is 0 Å². The molecule has 2 amide bonds. The summed E-state index contributed by atoms with van der Waals surface area (Å²) >= 11 is 0. The van der Waals surface area contributed by atoms with Crippen LogP contribution < -0.4 is 20.3 Å². The van der Waals surface area contributed by atoms with Crippen molar-refractivity contribution in [1.82, 2.24) is 10.2 Å². The van der Waals surface area contributed by atoms with E-state index in [1.165, 1.54) is 0 Å². The highest BCUT2D eigenvalue weighted by Crippen LogP contribution is 2.20. The molecule has 0 spiro atoms. The van der Waals surface area contributed by atoms with Gasteiger partial charge in [0.05, 0.1) is 20.3 Å². The van der Waals surface area contributed by atoms with Gasteiger partial charge in [0.25, 0.3) is 5.91 Å². The van der Waals surface area contributed by atoms with Gasteiger partial charge in [-0.15, -0.1) is 0 Å². The van der Waals surface area contributed by atoms with Crippen molar-refractivity contribution < 1.29 is 19.1 Å². The Labute approximate surface area is 183 Å². The standard InChI is InChI=1S/C23H30N4O4/c1-30-16-11-24-17-22(28)25-19-5-7-20(8-6-19)26-12-14-27(15-13-26)23(29)18-3-9-21(31-2)10-4-18/h3-10,24H,11-17H2,1-2H3,(H,25,28). The monoisotopic (exact) mass is 426 g/mol. The molecule has 0 atom stereocenters. The van der Waals surface area contributed by atoms with Crippen molar-refractivity contribution in [1.29, 1.82) is 0 Å². The third-order valence-electron chi connectivity index (χ3n) is 5.19. The Kier molecular flexibility index (Phi) is 8.26. The lowest BCUT2D eigenvalue weighted by molar-refractivity contribution is -0.115. The third kappa shape index (κ3) is 6.44. The van der Waals surface area contributed by atoms with Crippen LogP contribution in [0.5, 0.6) is 5.75 Å². The van der Waals surface area contributed by atoms with Crippen LogP contribution in [0, 0.1) is 0 Å². The lowest BCUT2D eigenvalue weighted by Gasteiger charge is -2.36. The van der Waals surface area contributed by atoms with Gasteiger partial charge in [-0.25, -0.2) is 0 Å². The summed E-state index contributed by atoms with van der Waals surface area (Å²) in [4.78, 5) is 28.8. The fourth-order valence-electron chi connectivity index (χ4n) is 3.42. The Balaban J connectivity index is 1.47. The number of carbonyl (C=O) groups is 2. The highest BCUT2D eigenvalue weighted by atomic mass is 16.5. The molecule has 0 unspecified atom stereocenters. The minimum absolute atomic E-state index is 0.0412. The first kappa shape index (κ1) is 22.6. The van der Waals surface area contributed by atoms with Crippen molar-refractivity contribution in [2.24, 2.45) is 0 Å². The summed E-state index contributed by atoms with van der Waals surface area (Å²) in [6.45, 7) is 4.30.